The van der Waals surface area contributed by atoms with Gasteiger partial charge < -0.3 is 25.1 Å². The van der Waals surface area contributed by atoms with Crippen LogP contribution < -0.4 is 16.2 Å². The molecule has 0 saturated heterocycles. The molecule has 0 unspecified atom stereocenters. The van der Waals surface area contributed by atoms with Crippen LogP contribution in [0, 0.1) is 0 Å². The highest BCUT2D eigenvalue weighted by atomic mass is 16.4. The molecule has 0 aliphatic rings. The van der Waals surface area contributed by atoms with Gasteiger partial charge in [0.25, 0.3) is 5.56 Å². The van der Waals surface area contributed by atoms with Crippen molar-refractivity contribution in [1.29, 1.82) is 0 Å². The summed E-state index contributed by atoms with van der Waals surface area (Å²) in [6.07, 6.45) is 0.789. The molecule has 1 heterocycles. The lowest BCUT2D eigenvalue weighted by atomic mass is 10.1. The molecule has 1 aromatic heterocycles. The zero-order valence-electron chi connectivity index (χ0n) is 19.6. The Balaban J connectivity index is 1.81. The molecule has 0 bridgehead atoms. The number of nitrogens with one attached hydrogen (secondary N) is 2. The number of carbonyl (C=O) groups is 4. The number of hydrogen-bond donors (Lipinski definition) is 3. The third-order valence-corrected chi connectivity index (χ3v) is 5.46. The second-order valence-electron chi connectivity index (χ2n) is 8.23. The second-order valence-corrected chi connectivity index (χ2v) is 8.23. The summed E-state index contributed by atoms with van der Waals surface area (Å²) in [5.74, 6) is -2.28. The second kappa shape index (κ2) is 12.8. The topological polar surface area (TPSA) is 135 Å². The van der Waals surface area contributed by atoms with E-state index < -0.39 is 36.4 Å². The van der Waals surface area contributed by atoms with Crippen molar-refractivity contribution >= 4 is 29.8 Å². The van der Waals surface area contributed by atoms with Gasteiger partial charge >= 0.3 is 5.97 Å². The number of aliphatic carboxylic acids is 1. The number of pyridine rings is 1. The molecule has 0 spiro atoms. The van der Waals surface area contributed by atoms with Crippen LogP contribution in [-0.4, -0.2) is 39.8 Å². The highest BCUT2D eigenvalue weighted by molar-refractivity contribution is 5.90. The van der Waals surface area contributed by atoms with E-state index >= 15 is 0 Å². The number of anilines is 1. The number of aromatic nitrogens is 1. The lowest BCUT2D eigenvalue weighted by Gasteiger charge is -2.17. The molecule has 1 atom stereocenters. The fourth-order valence-electron chi connectivity index (χ4n) is 3.68. The number of hydrogen-bond acceptors (Lipinski definition) is 5. The zero-order chi connectivity index (χ0) is 25.9. The fraction of sp³-hybridized carbons (Fsp3) is 0.222. The molecule has 9 nitrogen and oxygen atoms in total. The van der Waals surface area contributed by atoms with Gasteiger partial charge in [-0.1, -0.05) is 60.7 Å². The summed E-state index contributed by atoms with van der Waals surface area (Å²) in [7, 11) is 0. The van der Waals surface area contributed by atoms with Crippen LogP contribution in [0.3, 0.4) is 0 Å². The number of aldehydes is 1. The highest BCUT2D eigenvalue weighted by Gasteiger charge is 2.18. The van der Waals surface area contributed by atoms with Crippen molar-refractivity contribution in [1.82, 2.24) is 9.88 Å². The van der Waals surface area contributed by atoms with Gasteiger partial charge in [0, 0.05) is 18.5 Å². The summed E-state index contributed by atoms with van der Waals surface area (Å²) in [5, 5.41) is 13.9. The third-order valence-electron chi connectivity index (χ3n) is 5.46. The Hall–Kier alpha value is -4.53. The summed E-state index contributed by atoms with van der Waals surface area (Å²) in [4.78, 5) is 60.4. The molecule has 2 aromatic carbocycles. The quantitative estimate of drug-likeness (QED) is 0.334. The Morgan fingerprint density at radius 1 is 0.889 bits per heavy atom. The molecule has 186 valence electrons. The van der Waals surface area contributed by atoms with Gasteiger partial charge in [0.1, 0.15) is 18.5 Å². The summed E-state index contributed by atoms with van der Waals surface area (Å²) >= 11 is 0. The zero-order valence-corrected chi connectivity index (χ0v) is 19.6. The first-order valence-electron chi connectivity index (χ1n) is 11.4. The van der Waals surface area contributed by atoms with E-state index in [1.165, 1.54) is 10.6 Å². The van der Waals surface area contributed by atoms with Crippen LogP contribution in [0.4, 0.5) is 5.69 Å². The molecular weight excluding hydrogens is 462 g/mol. The van der Waals surface area contributed by atoms with E-state index in [1.54, 1.807) is 6.07 Å². The predicted octanol–water partition coefficient (Wildman–Crippen LogP) is 2.17. The minimum Gasteiger partial charge on any atom is -0.481 e. The van der Waals surface area contributed by atoms with Crippen LogP contribution in [0.5, 0.6) is 0 Å². The van der Waals surface area contributed by atoms with Gasteiger partial charge in [-0.15, -0.1) is 0 Å². The number of benzene rings is 2. The first-order valence-corrected chi connectivity index (χ1v) is 11.4. The molecule has 0 aliphatic carbocycles. The molecule has 3 aromatic rings. The van der Waals surface area contributed by atoms with Crippen LogP contribution >= 0.6 is 0 Å². The Kier molecular flexibility index (Phi) is 9.27. The summed E-state index contributed by atoms with van der Waals surface area (Å²) in [6, 6.07) is 20.7. The molecule has 0 radical (unpaired) electrons. The molecule has 36 heavy (non-hydrogen) atoms. The maximum atomic E-state index is 13.3. The SMILES string of the molecule is O=C[C@@H](CC(=O)O)NC(=O)Cn1c(Cc2ccccc2)ccc(NC(=O)CCc2ccccc2)c1=O. The van der Waals surface area contributed by atoms with E-state index in [1.807, 2.05) is 60.7 Å². The molecule has 3 rings (SSSR count). The first-order chi connectivity index (χ1) is 17.4. The molecule has 2 amide bonds. The molecule has 0 saturated carbocycles. The largest absolute Gasteiger partial charge is 0.481 e. The third kappa shape index (κ3) is 7.76. The van der Waals surface area contributed by atoms with Crippen LogP contribution in [0.25, 0.3) is 0 Å². The van der Waals surface area contributed by atoms with Gasteiger partial charge in [-0.2, -0.15) is 0 Å². The Bertz CT molecular complexity index is 1270. The molecule has 3 N–H and O–H groups in total. The van der Waals surface area contributed by atoms with Crippen molar-refractivity contribution in [2.45, 2.75) is 38.3 Å². The van der Waals surface area contributed by atoms with Gasteiger partial charge in [-0.25, -0.2) is 0 Å². The van der Waals surface area contributed by atoms with E-state index in [2.05, 4.69) is 10.6 Å². The number of carboxylic acid groups (broad SMARTS) is 1. The lowest BCUT2D eigenvalue weighted by molar-refractivity contribution is -0.138. The highest BCUT2D eigenvalue weighted by Crippen LogP contribution is 2.12. The van der Waals surface area contributed by atoms with Gasteiger partial charge in [0.05, 0.1) is 12.5 Å². The van der Waals surface area contributed by atoms with E-state index in [9.17, 15) is 24.0 Å². The molecule has 0 aliphatic heterocycles. The molecular formula is C27H27N3O6. The van der Waals surface area contributed by atoms with Gasteiger partial charge in [0.2, 0.25) is 11.8 Å². The summed E-state index contributed by atoms with van der Waals surface area (Å²) in [5.41, 5.74) is 1.86. The van der Waals surface area contributed by atoms with E-state index in [0.29, 0.717) is 24.8 Å². The van der Waals surface area contributed by atoms with E-state index in [-0.39, 0.29) is 18.0 Å². The lowest BCUT2D eigenvalue weighted by Crippen LogP contribution is -2.41. The van der Waals surface area contributed by atoms with Crippen LogP contribution in [0.2, 0.25) is 0 Å². The fourth-order valence-corrected chi connectivity index (χ4v) is 3.68. The van der Waals surface area contributed by atoms with Crippen LogP contribution in [0.15, 0.2) is 77.6 Å². The number of nitrogens with zero attached hydrogens (tertiary/aromatic N) is 1. The minimum atomic E-state index is -1.24. The summed E-state index contributed by atoms with van der Waals surface area (Å²) < 4.78 is 1.22. The number of carbonyl (C=O) groups excluding carboxylic acids is 3. The van der Waals surface area contributed by atoms with Crippen molar-refractivity contribution in [3.8, 4) is 0 Å². The summed E-state index contributed by atoms with van der Waals surface area (Å²) in [6.45, 7) is -0.446. The van der Waals surface area contributed by atoms with Crippen molar-refractivity contribution in [3.05, 3.63) is 100.0 Å². The molecule has 9 heteroatoms. The average Bonchev–Trinajstić information content (AvgIpc) is 2.87. The Labute approximate surface area is 207 Å². The Morgan fingerprint density at radius 2 is 1.53 bits per heavy atom. The normalized spacial score (nSPS) is 11.3. The van der Waals surface area contributed by atoms with Crippen LogP contribution in [0.1, 0.15) is 29.7 Å². The smallest absolute Gasteiger partial charge is 0.305 e. The van der Waals surface area contributed by atoms with Crippen molar-refractivity contribution < 1.29 is 24.3 Å². The van der Waals surface area contributed by atoms with E-state index in [4.69, 9.17) is 5.11 Å². The van der Waals surface area contributed by atoms with Gasteiger partial charge in [-0.05, 0) is 29.7 Å². The number of carboxylic acids is 1. The van der Waals surface area contributed by atoms with Crippen molar-refractivity contribution in [3.63, 3.8) is 0 Å². The standard InChI is InChI=1S/C27H27N3O6/c31-18-21(16-26(34)35)28-25(33)17-30-22(15-20-9-5-2-6-10-20)12-13-23(27(30)36)29-24(32)14-11-19-7-3-1-4-8-19/h1-10,12-13,18,21H,11,14-17H2,(H,28,33)(H,29,32)(H,34,35)/t21-/m1/s1. The minimum absolute atomic E-state index is 0.0233. The predicted molar refractivity (Wildman–Crippen MR) is 134 cm³/mol. The van der Waals surface area contributed by atoms with Crippen molar-refractivity contribution in [2.24, 2.45) is 0 Å². The molecule has 0 fully saturated rings. The maximum Gasteiger partial charge on any atom is 0.305 e. The van der Waals surface area contributed by atoms with E-state index in [0.717, 1.165) is 11.1 Å². The monoisotopic (exact) mass is 489 g/mol. The number of amides is 2. The van der Waals surface area contributed by atoms with Gasteiger partial charge in [-0.3, -0.25) is 19.2 Å². The van der Waals surface area contributed by atoms with Gasteiger partial charge in [0.15, 0.2) is 0 Å². The van der Waals surface area contributed by atoms with Crippen molar-refractivity contribution in [2.75, 3.05) is 5.32 Å². The first kappa shape index (κ1) is 26.1. The number of rotatable bonds is 12. The number of aryl methyl sites for hydroxylation is 1. The average molecular weight is 490 g/mol. The van der Waals surface area contributed by atoms with Crippen LogP contribution in [-0.2, 0) is 38.6 Å². The Morgan fingerprint density at radius 3 is 2.14 bits per heavy atom. The maximum absolute atomic E-state index is 13.3.